The molecule has 2 heterocycles. The van der Waals surface area contributed by atoms with Gasteiger partial charge in [0.2, 0.25) is 0 Å². The summed E-state index contributed by atoms with van der Waals surface area (Å²) in [5.41, 5.74) is 6.85. The molecule has 0 spiro atoms. The first kappa shape index (κ1) is 17.3. The third-order valence-electron chi connectivity index (χ3n) is 3.19. The molecule has 20 heavy (non-hydrogen) atoms. The molecule has 2 nitrogen and oxygen atoms in total. The summed E-state index contributed by atoms with van der Waals surface area (Å²) in [5, 5.41) is 0. The topological polar surface area (TPSA) is 24.7 Å². The maximum absolute atomic E-state index is 4.58. The van der Waals surface area contributed by atoms with Crippen molar-refractivity contribution >= 4 is 11.4 Å². The van der Waals surface area contributed by atoms with E-state index >= 15 is 0 Å². The number of aliphatic imine (C=N–C) groups is 2. The maximum Gasteiger partial charge on any atom is 2.00 e. The molecule has 4 rings (SSSR count). The van der Waals surface area contributed by atoms with Gasteiger partial charge >= 0.3 is 26.2 Å². The minimum Gasteiger partial charge on any atom is -1.00 e. The zero-order valence-corrected chi connectivity index (χ0v) is 14.4. The van der Waals surface area contributed by atoms with Crippen LogP contribution in [0.5, 0.6) is 0 Å². The Labute approximate surface area is 149 Å². The summed E-state index contributed by atoms with van der Waals surface area (Å²) in [6, 6.07) is 0. The molecule has 2 aliphatic heterocycles. The number of hydrogen-bond acceptors (Lipinski definition) is 2. The molecule has 0 atom stereocenters. The van der Waals surface area contributed by atoms with Crippen molar-refractivity contribution in [3.05, 3.63) is 71.1 Å². The van der Waals surface area contributed by atoms with E-state index in [1.165, 1.54) is 11.1 Å². The van der Waals surface area contributed by atoms with Crippen LogP contribution in [0.25, 0.3) is 0 Å². The minimum atomic E-state index is 0. The summed E-state index contributed by atoms with van der Waals surface area (Å²) in [4.78, 5) is 9.17. The van der Waals surface area contributed by atoms with E-state index in [0.29, 0.717) is 0 Å². The summed E-state index contributed by atoms with van der Waals surface area (Å²) >= 11 is 0. The number of nitrogens with zero attached hydrogens (tertiary/aromatic N) is 2. The molecule has 4 aliphatic rings. The Balaban J connectivity index is 0.000000667. The predicted octanol–water partition coefficient (Wildman–Crippen LogP) is -2.95. The summed E-state index contributed by atoms with van der Waals surface area (Å²) < 4.78 is 0. The van der Waals surface area contributed by atoms with E-state index in [1.807, 2.05) is 24.3 Å². The van der Waals surface area contributed by atoms with Crippen molar-refractivity contribution in [1.82, 2.24) is 0 Å². The van der Waals surface area contributed by atoms with E-state index in [9.17, 15) is 0 Å². The van der Waals surface area contributed by atoms with Gasteiger partial charge < -0.3 is 24.8 Å². The van der Waals surface area contributed by atoms with Crippen LogP contribution in [0, 0.1) is 0 Å². The van der Waals surface area contributed by atoms with E-state index < -0.39 is 0 Å². The number of rotatable bonds is 2. The second-order valence-electron chi connectivity index (χ2n) is 4.40. The first-order chi connectivity index (χ1) is 8.38. The molecule has 2 aliphatic carbocycles. The Morgan fingerprint density at radius 3 is 1.60 bits per heavy atom. The number of halogens is 2. The number of fused-ring (bicyclic) bond motifs is 2. The fourth-order valence-electron chi connectivity index (χ4n) is 2.40. The van der Waals surface area contributed by atoms with Crippen LogP contribution in [-0.4, -0.2) is 11.4 Å². The van der Waals surface area contributed by atoms with Gasteiger partial charge in [-0.15, -0.1) is 0 Å². The quantitative estimate of drug-likeness (QED) is 0.490. The SMILES string of the molecule is C1=CC2=CC(CC3=NC4=CC=CC4=C3)=NC2=C1.[Cl-].[Cl-].[Zr+2]. The third kappa shape index (κ3) is 2.95. The van der Waals surface area contributed by atoms with Crippen molar-refractivity contribution in [3.63, 3.8) is 0 Å². The first-order valence-corrected chi connectivity index (χ1v) is 5.74. The average Bonchev–Trinajstić information content (AvgIpc) is 2.93. The monoisotopic (exact) mass is 378 g/mol. The first-order valence-electron chi connectivity index (χ1n) is 5.74. The molecule has 5 heteroatoms. The van der Waals surface area contributed by atoms with Crippen LogP contribution in [-0.2, 0) is 26.2 Å². The molecule has 0 radical (unpaired) electrons. The van der Waals surface area contributed by atoms with Crippen LogP contribution in [0.4, 0.5) is 0 Å². The largest absolute Gasteiger partial charge is 2.00 e. The summed E-state index contributed by atoms with van der Waals surface area (Å²) in [5.74, 6) is 0. The fourth-order valence-corrected chi connectivity index (χ4v) is 2.40. The van der Waals surface area contributed by atoms with Crippen LogP contribution in [0.3, 0.4) is 0 Å². The zero-order chi connectivity index (χ0) is 11.2. The van der Waals surface area contributed by atoms with E-state index in [4.69, 9.17) is 0 Å². The van der Waals surface area contributed by atoms with E-state index in [2.05, 4.69) is 34.3 Å². The van der Waals surface area contributed by atoms with Gasteiger partial charge in [0.25, 0.3) is 0 Å². The zero-order valence-electron chi connectivity index (χ0n) is 10.5. The van der Waals surface area contributed by atoms with E-state index in [-0.39, 0.29) is 51.0 Å². The van der Waals surface area contributed by atoms with Gasteiger partial charge in [-0.25, -0.2) is 0 Å². The standard InChI is InChI=1S/C15H10N2.2ClH.Zr/c1-3-10-7-12(16-14(10)5-1)9-13-8-11-4-2-6-15(11)17-13;;;/h1-8H,9H2;2*1H;/q;;;+2/p-2. The van der Waals surface area contributed by atoms with Crippen molar-refractivity contribution in [2.45, 2.75) is 6.42 Å². The van der Waals surface area contributed by atoms with Crippen molar-refractivity contribution in [3.8, 4) is 0 Å². The van der Waals surface area contributed by atoms with E-state index in [1.54, 1.807) is 0 Å². The molecule has 0 aromatic carbocycles. The van der Waals surface area contributed by atoms with Gasteiger partial charge in [-0.1, -0.05) is 24.3 Å². The summed E-state index contributed by atoms with van der Waals surface area (Å²) in [6.07, 6.45) is 17.5. The van der Waals surface area contributed by atoms with Crippen LogP contribution >= 0.6 is 0 Å². The Morgan fingerprint density at radius 2 is 1.20 bits per heavy atom. The minimum absolute atomic E-state index is 0. The van der Waals surface area contributed by atoms with Crippen LogP contribution in [0.15, 0.2) is 81.1 Å². The molecule has 0 saturated carbocycles. The molecule has 0 unspecified atom stereocenters. The molecular weight excluding hydrogens is 370 g/mol. The third-order valence-corrected chi connectivity index (χ3v) is 3.19. The summed E-state index contributed by atoms with van der Waals surface area (Å²) in [7, 11) is 0. The Bertz CT molecular complexity index is 616. The van der Waals surface area contributed by atoms with Gasteiger partial charge in [-0.05, 0) is 24.3 Å². The Morgan fingerprint density at radius 1 is 0.750 bits per heavy atom. The van der Waals surface area contributed by atoms with Crippen LogP contribution < -0.4 is 24.8 Å². The molecule has 0 aromatic heterocycles. The summed E-state index contributed by atoms with van der Waals surface area (Å²) in [6.45, 7) is 0. The molecule has 0 aromatic rings. The molecule has 0 bridgehead atoms. The molecule has 0 saturated heterocycles. The van der Waals surface area contributed by atoms with Gasteiger partial charge in [0, 0.05) is 29.0 Å². The van der Waals surface area contributed by atoms with Gasteiger partial charge in [0.05, 0.1) is 11.4 Å². The van der Waals surface area contributed by atoms with Gasteiger partial charge in [-0.3, -0.25) is 9.98 Å². The normalized spacial score (nSPS) is 19.4. The predicted molar refractivity (Wildman–Crippen MR) is 70.1 cm³/mol. The van der Waals surface area contributed by atoms with Crippen molar-refractivity contribution < 1.29 is 51.0 Å². The molecule has 98 valence electrons. The van der Waals surface area contributed by atoms with E-state index in [0.717, 1.165) is 29.2 Å². The molecule has 0 N–H and O–H groups in total. The smallest absolute Gasteiger partial charge is 1.00 e. The van der Waals surface area contributed by atoms with Crippen LogP contribution in [0.2, 0.25) is 0 Å². The van der Waals surface area contributed by atoms with Gasteiger partial charge in [0.15, 0.2) is 0 Å². The average molecular weight is 380 g/mol. The molecule has 0 fully saturated rings. The van der Waals surface area contributed by atoms with Crippen molar-refractivity contribution in [1.29, 1.82) is 0 Å². The number of allylic oxidation sites excluding steroid dienone is 8. The van der Waals surface area contributed by atoms with Crippen LogP contribution in [0.1, 0.15) is 6.42 Å². The fraction of sp³-hybridized carbons (Fsp3) is 0.0667. The maximum atomic E-state index is 4.58. The second-order valence-corrected chi connectivity index (χ2v) is 4.40. The van der Waals surface area contributed by atoms with Gasteiger partial charge in [0.1, 0.15) is 0 Å². The Kier molecular flexibility index (Phi) is 5.88. The molecule has 0 amide bonds. The molecular formula is C15H10Cl2N2Zr. The van der Waals surface area contributed by atoms with Crippen molar-refractivity contribution in [2.24, 2.45) is 9.98 Å². The van der Waals surface area contributed by atoms with Crippen molar-refractivity contribution in [2.75, 3.05) is 0 Å². The number of hydrogen-bond donors (Lipinski definition) is 0. The second kappa shape index (κ2) is 6.80. The Hall–Kier alpha value is -0.757. The van der Waals surface area contributed by atoms with Gasteiger partial charge in [-0.2, -0.15) is 0 Å².